The zero-order chi connectivity index (χ0) is 22.7. The number of carboxylic acid groups (broad SMARTS) is 1. The average molecular weight is 429 g/mol. The van der Waals surface area contributed by atoms with E-state index in [0.717, 1.165) is 45.1 Å². The minimum atomic E-state index is -1.29. The van der Waals surface area contributed by atoms with Crippen molar-refractivity contribution in [3.05, 3.63) is 61.3 Å². The molecule has 31 heavy (non-hydrogen) atoms. The van der Waals surface area contributed by atoms with Crippen molar-refractivity contribution >= 4 is 11.9 Å². The summed E-state index contributed by atoms with van der Waals surface area (Å²) in [4.78, 5) is 49.8. The van der Waals surface area contributed by atoms with E-state index in [9.17, 15) is 24.3 Å². The van der Waals surface area contributed by atoms with Crippen LogP contribution >= 0.6 is 0 Å². The molecule has 1 aromatic heterocycles. The smallest absolute Gasteiger partial charge is 0.334 e. The minimum absolute atomic E-state index is 0.0248. The van der Waals surface area contributed by atoms with Crippen LogP contribution in [-0.2, 0) is 11.3 Å². The summed E-state index contributed by atoms with van der Waals surface area (Å²) in [5.41, 5.74) is 0.514. The van der Waals surface area contributed by atoms with E-state index in [4.69, 9.17) is 5.11 Å². The van der Waals surface area contributed by atoms with Crippen LogP contribution in [0.5, 0.6) is 5.88 Å². The summed E-state index contributed by atoms with van der Waals surface area (Å²) >= 11 is 0. The van der Waals surface area contributed by atoms with Gasteiger partial charge in [-0.1, -0.05) is 43.0 Å². The zero-order valence-electron chi connectivity index (χ0n) is 17.7. The molecule has 0 spiro atoms. The number of hydrogen-bond donors (Lipinski definition) is 3. The molecule has 0 atom stereocenters. The Morgan fingerprint density at radius 1 is 1.13 bits per heavy atom. The Labute approximate surface area is 179 Å². The Morgan fingerprint density at radius 3 is 2.42 bits per heavy atom. The third-order valence-electron chi connectivity index (χ3n) is 5.74. The summed E-state index contributed by atoms with van der Waals surface area (Å²) in [6, 6.07) is 5.28. The molecule has 3 rings (SSSR count). The first-order valence-corrected chi connectivity index (χ1v) is 10.3. The van der Waals surface area contributed by atoms with Gasteiger partial charge in [0.1, 0.15) is 6.54 Å². The number of aliphatic carboxylic acids is 1. The van der Waals surface area contributed by atoms with Gasteiger partial charge in [0.05, 0.1) is 6.54 Å². The molecule has 0 radical (unpaired) electrons. The second-order valence-corrected chi connectivity index (χ2v) is 8.04. The third kappa shape index (κ3) is 4.70. The van der Waals surface area contributed by atoms with Crippen LogP contribution in [0.25, 0.3) is 0 Å². The number of nitrogens with one attached hydrogen (secondary N) is 1. The van der Waals surface area contributed by atoms with E-state index in [2.05, 4.69) is 5.32 Å². The standard InChI is InChI=1S/C22H27N3O6/c1-13-8-9-15(14(2)10-13)12-24-20(29)18(19(28)23-11-17(26)27)21(30)25(22(24)31)16-6-4-3-5-7-16/h8-10,16,29H,3-7,11-12H2,1-2H3,(H,23,28)(H,26,27). The molecule has 0 bridgehead atoms. The molecule has 0 unspecified atom stereocenters. The molecule has 3 N–H and O–H groups in total. The van der Waals surface area contributed by atoms with Gasteiger partial charge in [-0.2, -0.15) is 0 Å². The van der Waals surface area contributed by atoms with Crippen LogP contribution in [0.2, 0.25) is 0 Å². The molecule has 0 aliphatic heterocycles. The molecule has 1 aliphatic carbocycles. The SMILES string of the molecule is Cc1ccc(Cn2c(O)c(C(=O)NCC(=O)O)c(=O)n(C3CCCCC3)c2=O)c(C)c1. The van der Waals surface area contributed by atoms with E-state index in [-0.39, 0.29) is 12.6 Å². The summed E-state index contributed by atoms with van der Waals surface area (Å²) < 4.78 is 2.07. The van der Waals surface area contributed by atoms with E-state index in [1.807, 2.05) is 32.0 Å². The lowest BCUT2D eigenvalue weighted by Crippen LogP contribution is -2.47. The molecule has 2 aromatic rings. The second-order valence-electron chi connectivity index (χ2n) is 8.04. The zero-order valence-corrected chi connectivity index (χ0v) is 17.7. The Hall–Kier alpha value is -3.36. The molecule has 0 saturated heterocycles. The van der Waals surface area contributed by atoms with Gasteiger partial charge in [-0.15, -0.1) is 0 Å². The highest BCUT2D eigenvalue weighted by molar-refractivity contribution is 5.97. The molecule has 1 aromatic carbocycles. The number of benzene rings is 1. The number of aryl methyl sites for hydroxylation is 2. The van der Waals surface area contributed by atoms with E-state index in [0.29, 0.717) is 12.8 Å². The van der Waals surface area contributed by atoms with Gasteiger partial charge in [0.15, 0.2) is 5.56 Å². The number of aromatic hydroxyl groups is 1. The van der Waals surface area contributed by atoms with Gasteiger partial charge in [0, 0.05) is 6.04 Å². The van der Waals surface area contributed by atoms with Crippen molar-refractivity contribution in [1.82, 2.24) is 14.5 Å². The van der Waals surface area contributed by atoms with Gasteiger partial charge in [0.25, 0.3) is 11.5 Å². The molecule has 1 amide bonds. The molecule has 1 saturated carbocycles. The maximum absolute atomic E-state index is 13.3. The molecular weight excluding hydrogens is 402 g/mol. The fourth-order valence-corrected chi connectivity index (χ4v) is 4.10. The molecule has 1 heterocycles. The highest BCUT2D eigenvalue weighted by atomic mass is 16.4. The number of nitrogens with zero attached hydrogens (tertiary/aromatic N) is 2. The Kier molecular flexibility index (Phi) is 6.62. The van der Waals surface area contributed by atoms with Crippen molar-refractivity contribution in [2.24, 2.45) is 0 Å². The summed E-state index contributed by atoms with van der Waals surface area (Å²) in [5, 5.41) is 21.7. The molecule has 9 heteroatoms. The fourth-order valence-electron chi connectivity index (χ4n) is 4.10. The van der Waals surface area contributed by atoms with Gasteiger partial charge >= 0.3 is 11.7 Å². The van der Waals surface area contributed by atoms with Gasteiger partial charge in [-0.3, -0.25) is 23.5 Å². The summed E-state index contributed by atoms with van der Waals surface area (Å²) in [7, 11) is 0. The van der Waals surface area contributed by atoms with Gasteiger partial charge in [-0.05, 0) is 37.8 Å². The van der Waals surface area contributed by atoms with Gasteiger partial charge in [0.2, 0.25) is 5.88 Å². The highest BCUT2D eigenvalue weighted by Crippen LogP contribution is 2.27. The first-order valence-electron chi connectivity index (χ1n) is 10.3. The van der Waals surface area contributed by atoms with Crippen LogP contribution in [-0.4, -0.2) is 37.8 Å². The lowest BCUT2D eigenvalue weighted by Gasteiger charge is -2.25. The fraction of sp³-hybridized carbons (Fsp3) is 0.455. The normalized spacial score (nSPS) is 14.4. The van der Waals surface area contributed by atoms with Crippen LogP contribution in [0.4, 0.5) is 0 Å². The topological polar surface area (TPSA) is 131 Å². The molecule has 1 aliphatic rings. The Balaban J connectivity index is 2.17. The number of aromatic nitrogens is 2. The van der Waals surface area contributed by atoms with Crippen LogP contribution in [0, 0.1) is 13.8 Å². The first kappa shape index (κ1) is 22.3. The van der Waals surface area contributed by atoms with Crippen LogP contribution < -0.4 is 16.6 Å². The number of amides is 1. The number of carboxylic acids is 1. The van der Waals surface area contributed by atoms with Crippen molar-refractivity contribution < 1.29 is 19.8 Å². The monoisotopic (exact) mass is 429 g/mol. The number of carbonyl (C=O) groups is 2. The number of hydrogen-bond acceptors (Lipinski definition) is 5. The van der Waals surface area contributed by atoms with E-state index in [1.54, 1.807) is 0 Å². The third-order valence-corrected chi connectivity index (χ3v) is 5.74. The van der Waals surface area contributed by atoms with Crippen molar-refractivity contribution in [3.63, 3.8) is 0 Å². The minimum Gasteiger partial charge on any atom is -0.494 e. The highest BCUT2D eigenvalue weighted by Gasteiger charge is 2.28. The Morgan fingerprint density at radius 2 is 1.81 bits per heavy atom. The van der Waals surface area contributed by atoms with Crippen molar-refractivity contribution in [3.8, 4) is 5.88 Å². The molecule has 1 fully saturated rings. The van der Waals surface area contributed by atoms with E-state index in [1.165, 1.54) is 0 Å². The number of rotatable bonds is 6. The predicted octanol–water partition coefficient (Wildman–Crippen LogP) is 1.70. The first-order chi connectivity index (χ1) is 14.7. The lowest BCUT2D eigenvalue weighted by molar-refractivity contribution is -0.135. The van der Waals surface area contributed by atoms with Crippen molar-refractivity contribution in [2.75, 3.05) is 6.54 Å². The maximum Gasteiger partial charge on any atom is 0.334 e. The van der Waals surface area contributed by atoms with Gasteiger partial charge in [-0.25, -0.2) is 4.79 Å². The summed E-state index contributed by atoms with van der Waals surface area (Å²) in [6.07, 6.45) is 3.97. The maximum atomic E-state index is 13.3. The quantitative estimate of drug-likeness (QED) is 0.641. The van der Waals surface area contributed by atoms with Crippen LogP contribution in [0.3, 0.4) is 0 Å². The lowest BCUT2D eigenvalue weighted by atomic mass is 9.95. The summed E-state index contributed by atoms with van der Waals surface area (Å²) in [6.45, 7) is 3.08. The largest absolute Gasteiger partial charge is 0.494 e. The van der Waals surface area contributed by atoms with E-state index < -0.39 is 41.1 Å². The molecular formula is C22H27N3O6. The summed E-state index contributed by atoms with van der Waals surface area (Å²) in [5.74, 6) is -3.07. The van der Waals surface area contributed by atoms with Crippen LogP contribution in [0.15, 0.2) is 27.8 Å². The van der Waals surface area contributed by atoms with E-state index >= 15 is 0 Å². The molecule has 9 nitrogen and oxygen atoms in total. The average Bonchev–Trinajstić information content (AvgIpc) is 2.72. The van der Waals surface area contributed by atoms with Gasteiger partial charge < -0.3 is 15.5 Å². The number of carbonyl (C=O) groups excluding carboxylic acids is 1. The Bertz CT molecular complexity index is 1130. The molecule has 166 valence electrons. The predicted molar refractivity (Wildman–Crippen MR) is 114 cm³/mol. The second kappa shape index (κ2) is 9.20. The van der Waals surface area contributed by atoms with Crippen LogP contribution in [0.1, 0.15) is 65.2 Å². The van der Waals surface area contributed by atoms with Crippen molar-refractivity contribution in [1.29, 1.82) is 0 Å². The van der Waals surface area contributed by atoms with Crippen molar-refractivity contribution in [2.45, 2.75) is 58.5 Å².